The molecule has 0 saturated heterocycles. The van der Waals surface area contributed by atoms with Gasteiger partial charge >= 0.3 is 0 Å². The number of nitrogens with zero attached hydrogens (tertiary/aromatic N) is 1. The molecule has 0 radical (unpaired) electrons. The largest absolute Gasteiger partial charge is 0.383 e. The van der Waals surface area contributed by atoms with Crippen molar-refractivity contribution in [3.05, 3.63) is 59.2 Å². The first kappa shape index (κ1) is 21.4. The maximum Gasteiger partial charge on any atom is 0.220 e. The van der Waals surface area contributed by atoms with Crippen molar-refractivity contribution < 1.29 is 4.79 Å². The van der Waals surface area contributed by atoms with Crippen LogP contribution in [0.4, 0.5) is 5.82 Å². The lowest BCUT2D eigenvalue weighted by Crippen LogP contribution is -2.30. The van der Waals surface area contributed by atoms with Crippen LogP contribution in [0.15, 0.2) is 42.5 Å². The molecular formula is C27H33N3O. The number of benzene rings is 2. The minimum absolute atomic E-state index is 0.106. The van der Waals surface area contributed by atoms with Crippen LogP contribution in [0.2, 0.25) is 0 Å². The zero-order chi connectivity index (χ0) is 21.8. The molecule has 1 aromatic heterocycles. The average Bonchev–Trinajstić information content (AvgIpc) is 2.77. The Morgan fingerprint density at radius 3 is 2.58 bits per heavy atom. The van der Waals surface area contributed by atoms with Crippen molar-refractivity contribution in [2.75, 3.05) is 12.3 Å². The van der Waals surface area contributed by atoms with E-state index in [9.17, 15) is 4.79 Å². The van der Waals surface area contributed by atoms with E-state index in [1.165, 1.54) is 54.4 Å². The van der Waals surface area contributed by atoms with Crippen molar-refractivity contribution in [3.63, 3.8) is 0 Å². The van der Waals surface area contributed by atoms with E-state index in [1.54, 1.807) is 0 Å². The number of carbonyl (C=O) groups excluding carboxylic acids is 1. The van der Waals surface area contributed by atoms with Gasteiger partial charge in [-0.15, -0.1) is 0 Å². The van der Waals surface area contributed by atoms with Gasteiger partial charge < -0.3 is 11.1 Å². The third kappa shape index (κ3) is 5.07. The van der Waals surface area contributed by atoms with Crippen molar-refractivity contribution >= 4 is 22.6 Å². The summed E-state index contributed by atoms with van der Waals surface area (Å²) in [4.78, 5) is 17.0. The molecule has 0 bridgehead atoms. The number of amides is 1. The Morgan fingerprint density at radius 2 is 1.81 bits per heavy atom. The molecule has 0 spiro atoms. The monoisotopic (exact) mass is 415 g/mol. The SMILES string of the molecule is Cc1ccccc1-c1cc2cc(CCC(=O)NCC3CCCCC3)c(N)nc2cc1C. The number of aryl methyl sites for hydroxylation is 3. The van der Waals surface area contributed by atoms with Crippen molar-refractivity contribution in [2.24, 2.45) is 5.92 Å². The number of fused-ring (bicyclic) bond motifs is 1. The van der Waals surface area contributed by atoms with Gasteiger partial charge in [-0.25, -0.2) is 4.98 Å². The number of nitrogens with one attached hydrogen (secondary N) is 1. The van der Waals surface area contributed by atoms with Gasteiger partial charge in [-0.2, -0.15) is 0 Å². The maximum atomic E-state index is 12.4. The quantitative estimate of drug-likeness (QED) is 0.540. The second kappa shape index (κ2) is 9.51. The van der Waals surface area contributed by atoms with Crippen LogP contribution in [-0.4, -0.2) is 17.4 Å². The zero-order valence-electron chi connectivity index (χ0n) is 18.7. The van der Waals surface area contributed by atoms with Crippen molar-refractivity contribution in [1.29, 1.82) is 0 Å². The Bertz CT molecular complexity index is 1080. The highest BCUT2D eigenvalue weighted by atomic mass is 16.1. The maximum absolute atomic E-state index is 12.4. The van der Waals surface area contributed by atoms with E-state index in [1.807, 2.05) is 0 Å². The first-order valence-corrected chi connectivity index (χ1v) is 11.5. The first-order chi connectivity index (χ1) is 15.0. The standard InChI is InChI=1S/C27H33N3O/c1-18-8-6-7-11-23(18)24-16-22-15-21(27(28)30-25(22)14-19(24)2)12-13-26(31)29-17-20-9-4-3-5-10-20/h6-8,11,14-16,20H,3-5,9-10,12-13,17H2,1-2H3,(H2,28,30)(H,29,31). The Kier molecular flexibility index (Phi) is 6.55. The molecule has 4 nitrogen and oxygen atoms in total. The van der Waals surface area contributed by atoms with Gasteiger partial charge in [0.2, 0.25) is 5.91 Å². The van der Waals surface area contributed by atoms with Crippen LogP contribution in [0.25, 0.3) is 22.0 Å². The fraction of sp³-hybridized carbons (Fsp3) is 0.407. The van der Waals surface area contributed by atoms with Crippen molar-refractivity contribution in [2.45, 2.75) is 58.8 Å². The second-order valence-corrected chi connectivity index (χ2v) is 9.02. The second-order valence-electron chi connectivity index (χ2n) is 9.02. The zero-order valence-corrected chi connectivity index (χ0v) is 18.7. The molecule has 3 aromatic rings. The highest BCUT2D eigenvalue weighted by Crippen LogP contribution is 2.31. The van der Waals surface area contributed by atoms with Gasteiger partial charge in [0.25, 0.3) is 0 Å². The number of nitrogen functional groups attached to an aromatic ring is 1. The molecule has 1 aliphatic rings. The number of anilines is 1. The van der Waals surface area contributed by atoms with Crippen LogP contribution in [-0.2, 0) is 11.2 Å². The number of hydrogen-bond donors (Lipinski definition) is 2. The lowest BCUT2D eigenvalue weighted by Gasteiger charge is -2.21. The molecule has 2 aromatic carbocycles. The highest BCUT2D eigenvalue weighted by Gasteiger charge is 2.15. The molecule has 4 rings (SSSR count). The van der Waals surface area contributed by atoms with E-state index in [4.69, 9.17) is 5.73 Å². The summed E-state index contributed by atoms with van der Waals surface area (Å²) in [6.07, 6.45) is 7.46. The van der Waals surface area contributed by atoms with E-state index >= 15 is 0 Å². The van der Waals surface area contributed by atoms with Crippen LogP contribution in [0.1, 0.15) is 55.2 Å². The smallest absolute Gasteiger partial charge is 0.220 e. The van der Waals surface area contributed by atoms with Crippen LogP contribution >= 0.6 is 0 Å². The normalized spacial score (nSPS) is 14.6. The summed E-state index contributed by atoms with van der Waals surface area (Å²) in [6.45, 7) is 5.06. The minimum atomic E-state index is 0.106. The van der Waals surface area contributed by atoms with Crippen molar-refractivity contribution in [1.82, 2.24) is 10.3 Å². The molecular weight excluding hydrogens is 382 g/mol. The van der Waals surface area contributed by atoms with E-state index in [0.717, 1.165) is 23.0 Å². The van der Waals surface area contributed by atoms with E-state index in [-0.39, 0.29) is 5.91 Å². The Balaban J connectivity index is 1.49. The molecule has 0 atom stereocenters. The fourth-order valence-electron chi connectivity index (χ4n) is 4.74. The number of aromatic nitrogens is 1. The van der Waals surface area contributed by atoms with Crippen LogP contribution in [0.3, 0.4) is 0 Å². The summed E-state index contributed by atoms with van der Waals surface area (Å²) in [7, 11) is 0. The number of pyridine rings is 1. The molecule has 4 heteroatoms. The molecule has 1 heterocycles. The van der Waals surface area contributed by atoms with E-state index in [0.29, 0.717) is 24.6 Å². The predicted octanol–water partition coefficient (Wildman–Crippen LogP) is 5.73. The number of carbonyl (C=O) groups is 1. The van der Waals surface area contributed by atoms with Gasteiger partial charge in [0.1, 0.15) is 5.82 Å². The molecule has 1 saturated carbocycles. The lowest BCUT2D eigenvalue weighted by atomic mass is 9.89. The third-order valence-electron chi connectivity index (χ3n) is 6.64. The number of rotatable bonds is 6. The summed E-state index contributed by atoms with van der Waals surface area (Å²) in [5.41, 5.74) is 13.0. The van der Waals surface area contributed by atoms with Crippen LogP contribution in [0, 0.1) is 19.8 Å². The third-order valence-corrected chi connectivity index (χ3v) is 6.64. The molecule has 3 N–H and O–H groups in total. The summed E-state index contributed by atoms with van der Waals surface area (Å²) in [5, 5.41) is 4.19. The number of nitrogens with two attached hydrogens (primary N) is 1. The summed E-state index contributed by atoms with van der Waals surface area (Å²) in [6, 6.07) is 14.8. The van der Waals surface area contributed by atoms with Crippen LogP contribution in [0.5, 0.6) is 0 Å². The molecule has 0 unspecified atom stereocenters. The van der Waals surface area contributed by atoms with Gasteiger partial charge in [0, 0.05) is 18.4 Å². The van der Waals surface area contributed by atoms with E-state index < -0.39 is 0 Å². The van der Waals surface area contributed by atoms with Gasteiger partial charge in [-0.1, -0.05) is 43.5 Å². The highest BCUT2D eigenvalue weighted by molar-refractivity contribution is 5.89. The summed E-state index contributed by atoms with van der Waals surface area (Å²) in [5.74, 6) is 1.28. The molecule has 0 aliphatic heterocycles. The molecule has 162 valence electrons. The Labute approximate surface area is 185 Å². The van der Waals surface area contributed by atoms with Gasteiger partial charge in [-0.05, 0) is 85.0 Å². The predicted molar refractivity (Wildman–Crippen MR) is 129 cm³/mol. The molecule has 1 aliphatic carbocycles. The van der Waals surface area contributed by atoms with E-state index in [2.05, 4.69) is 66.6 Å². The van der Waals surface area contributed by atoms with Gasteiger partial charge in [-0.3, -0.25) is 4.79 Å². The lowest BCUT2D eigenvalue weighted by molar-refractivity contribution is -0.121. The topological polar surface area (TPSA) is 68.0 Å². The summed E-state index contributed by atoms with van der Waals surface area (Å²) >= 11 is 0. The minimum Gasteiger partial charge on any atom is -0.383 e. The summed E-state index contributed by atoms with van der Waals surface area (Å²) < 4.78 is 0. The van der Waals surface area contributed by atoms with Crippen molar-refractivity contribution in [3.8, 4) is 11.1 Å². The van der Waals surface area contributed by atoms with Gasteiger partial charge in [0.05, 0.1) is 5.52 Å². The molecule has 31 heavy (non-hydrogen) atoms. The average molecular weight is 416 g/mol. The first-order valence-electron chi connectivity index (χ1n) is 11.5. The Hall–Kier alpha value is -2.88. The fourth-order valence-corrected chi connectivity index (χ4v) is 4.74. The van der Waals surface area contributed by atoms with Crippen LogP contribution < -0.4 is 11.1 Å². The molecule has 1 amide bonds. The Morgan fingerprint density at radius 1 is 1.03 bits per heavy atom. The van der Waals surface area contributed by atoms with Gasteiger partial charge in [0.15, 0.2) is 0 Å². The number of hydrogen-bond acceptors (Lipinski definition) is 3. The molecule has 1 fully saturated rings.